The number of piperidine rings is 1. The lowest BCUT2D eigenvalue weighted by atomic mass is 9.85. The highest BCUT2D eigenvalue weighted by molar-refractivity contribution is 6.35. The maximum absolute atomic E-state index is 13.4. The van der Waals surface area contributed by atoms with E-state index in [-0.39, 0.29) is 11.9 Å². The molecule has 1 aliphatic carbocycles. The Kier molecular flexibility index (Phi) is 5.26. The summed E-state index contributed by atoms with van der Waals surface area (Å²) in [6, 6.07) is 12.1. The molecule has 1 atom stereocenters. The number of aromatic nitrogens is 3. The number of carbonyl (C=O) groups is 1. The van der Waals surface area contributed by atoms with Crippen molar-refractivity contribution in [3.05, 3.63) is 47.0 Å². The number of nitrogens with two attached hydrogens (primary N) is 1. The molecule has 2 aromatic carbocycles. The minimum Gasteiger partial charge on any atom is -0.489 e. The lowest BCUT2D eigenvalue weighted by Gasteiger charge is -2.31. The van der Waals surface area contributed by atoms with Crippen LogP contribution in [0.1, 0.15) is 42.5 Å². The van der Waals surface area contributed by atoms with Crippen molar-refractivity contribution in [1.29, 1.82) is 0 Å². The normalized spacial score (nSPS) is 20.1. The molecule has 4 aromatic rings. The van der Waals surface area contributed by atoms with Gasteiger partial charge in [-0.25, -0.2) is 4.98 Å². The van der Waals surface area contributed by atoms with Crippen LogP contribution in [0, 0.1) is 5.92 Å². The zero-order chi connectivity index (χ0) is 24.4. The Balaban J connectivity index is 1.37. The summed E-state index contributed by atoms with van der Waals surface area (Å²) in [5.41, 5.74) is 10.6. The second-order valence-corrected chi connectivity index (χ2v) is 11.0. The number of hydrogen-bond donors (Lipinski definition) is 1. The number of imidazole rings is 1. The van der Waals surface area contributed by atoms with Gasteiger partial charge in [0, 0.05) is 36.6 Å². The van der Waals surface area contributed by atoms with Gasteiger partial charge in [-0.1, -0.05) is 30.2 Å². The molecule has 2 fully saturated rings. The minimum absolute atomic E-state index is 0.000507. The van der Waals surface area contributed by atoms with Gasteiger partial charge in [-0.15, -0.1) is 0 Å². The number of amides is 1. The summed E-state index contributed by atoms with van der Waals surface area (Å²) in [5, 5.41) is 1.89. The van der Waals surface area contributed by atoms with E-state index in [1.807, 2.05) is 29.2 Å². The number of benzene rings is 2. The largest absolute Gasteiger partial charge is 0.489 e. The Bertz CT molecular complexity index is 1500. The average Bonchev–Trinajstić information content (AvgIpc) is 3.41. The standard InChI is InChI=1S/C28H30ClN5O2/c29-21-8-2-6-18-13-23(34(25(18)21)15-17-4-1-5-17)27-31-22-12-19(14-24-26(22)33(27)10-11-36-24)28(35)32-9-3-7-20(30)16-32/h2,6,8,12-14,17,20H,1,3-5,7,9-11,15-16,30H2/t20-/m1/s1. The van der Waals surface area contributed by atoms with Gasteiger partial charge in [0.1, 0.15) is 17.9 Å². The van der Waals surface area contributed by atoms with Crippen LogP contribution in [0.3, 0.4) is 0 Å². The first-order valence-electron chi connectivity index (χ1n) is 13.1. The zero-order valence-corrected chi connectivity index (χ0v) is 21.0. The molecule has 2 aliphatic heterocycles. The summed E-state index contributed by atoms with van der Waals surface area (Å²) in [4.78, 5) is 20.3. The van der Waals surface area contributed by atoms with Crippen molar-refractivity contribution in [2.24, 2.45) is 11.7 Å². The molecule has 8 heteroatoms. The highest BCUT2D eigenvalue weighted by atomic mass is 35.5. The molecule has 7 nitrogen and oxygen atoms in total. The molecule has 3 aliphatic rings. The van der Waals surface area contributed by atoms with Crippen LogP contribution in [0.2, 0.25) is 5.02 Å². The van der Waals surface area contributed by atoms with E-state index in [9.17, 15) is 4.79 Å². The van der Waals surface area contributed by atoms with E-state index in [0.717, 1.165) is 70.2 Å². The summed E-state index contributed by atoms with van der Waals surface area (Å²) in [5.74, 6) is 2.30. The van der Waals surface area contributed by atoms with Gasteiger partial charge in [-0.3, -0.25) is 4.79 Å². The van der Waals surface area contributed by atoms with Crippen molar-refractivity contribution in [1.82, 2.24) is 19.0 Å². The highest BCUT2D eigenvalue weighted by Gasteiger charge is 2.29. The first-order valence-corrected chi connectivity index (χ1v) is 13.4. The highest BCUT2D eigenvalue weighted by Crippen LogP contribution is 2.40. The van der Waals surface area contributed by atoms with Crippen LogP contribution >= 0.6 is 11.6 Å². The van der Waals surface area contributed by atoms with Crippen LogP contribution in [0.5, 0.6) is 5.75 Å². The number of nitrogens with zero attached hydrogens (tertiary/aromatic N) is 4. The number of ether oxygens (including phenoxy) is 1. The number of likely N-dealkylation sites (tertiary alicyclic amines) is 1. The monoisotopic (exact) mass is 503 g/mol. The summed E-state index contributed by atoms with van der Waals surface area (Å²) >= 11 is 6.72. The second kappa shape index (κ2) is 8.53. The van der Waals surface area contributed by atoms with Crippen LogP contribution < -0.4 is 10.5 Å². The quantitative estimate of drug-likeness (QED) is 0.422. The molecule has 2 aromatic heterocycles. The molecule has 1 saturated carbocycles. The summed E-state index contributed by atoms with van der Waals surface area (Å²) < 4.78 is 10.7. The first kappa shape index (κ1) is 22.2. The lowest BCUT2D eigenvalue weighted by molar-refractivity contribution is 0.0708. The molecule has 7 rings (SSSR count). The van der Waals surface area contributed by atoms with Crippen LogP contribution in [0.15, 0.2) is 36.4 Å². The fraction of sp³-hybridized carbons (Fsp3) is 0.429. The maximum atomic E-state index is 13.4. The summed E-state index contributed by atoms with van der Waals surface area (Å²) in [6.45, 7) is 3.53. The number of halogens is 1. The molecule has 1 amide bonds. The van der Waals surface area contributed by atoms with Crippen LogP contribution in [-0.4, -0.2) is 50.7 Å². The van der Waals surface area contributed by atoms with Crippen LogP contribution in [0.25, 0.3) is 33.5 Å². The lowest BCUT2D eigenvalue weighted by Crippen LogP contribution is -2.45. The van der Waals surface area contributed by atoms with E-state index >= 15 is 0 Å². The predicted octanol–water partition coefficient (Wildman–Crippen LogP) is 5.07. The second-order valence-electron chi connectivity index (χ2n) is 10.5. The average molecular weight is 504 g/mol. The summed E-state index contributed by atoms with van der Waals surface area (Å²) in [7, 11) is 0. The van der Waals surface area contributed by atoms with Crippen molar-refractivity contribution in [2.45, 2.75) is 51.2 Å². The van der Waals surface area contributed by atoms with Gasteiger partial charge in [0.25, 0.3) is 5.91 Å². The minimum atomic E-state index is -0.000507. The van der Waals surface area contributed by atoms with Crippen LogP contribution in [0.4, 0.5) is 0 Å². The smallest absolute Gasteiger partial charge is 0.254 e. The van der Waals surface area contributed by atoms with E-state index in [1.165, 1.54) is 19.3 Å². The Morgan fingerprint density at radius 3 is 2.81 bits per heavy atom. The van der Waals surface area contributed by atoms with Crippen molar-refractivity contribution in [2.75, 3.05) is 19.7 Å². The number of rotatable bonds is 4. The Labute approximate surface area is 214 Å². The zero-order valence-electron chi connectivity index (χ0n) is 20.3. The molecular formula is C28H30ClN5O2. The van der Waals surface area contributed by atoms with Gasteiger partial charge in [-0.2, -0.15) is 0 Å². The first-order chi connectivity index (χ1) is 17.6. The Morgan fingerprint density at radius 1 is 1.11 bits per heavy atom. The SMILES string of the molecule is N[C@@H]1CCCN(C(=O)c2cc3c4c(c2)nc(-c2cc5cccc(Cl)c5n2CC2CCC2)n4CCO3)C1. The molecule has 0 unspecified atom stereocenters. The van der Waals surface area contributed by atoms with Gasteiger partial charge in [0.2, 0.25) is 0 Å². The van der Waals surface area contributed by atoms with Gasteiger partial charge >= 0.3 is 0 Å². The summed E-state index contributed by atoms with van der Waals surface area (Å²) in [6.07, 6.45) is 5.70. The van der Waals surface area contributed by atoms with Gasteiger partial charge in [0.05, 0.1) is 28.3 Å². The molecule has 0 spiro atoms. The predicted molar refractivity (Wildman–Crippen MR) is 142 cm³/mol. The number of fused-ring (bicyclic) bond motifs is 1. The molecule has 0 radical (unpaired) electrons. The topological polar surface area (TPSA) is 78.3 Å². The number of hydrogen-bond acceptors (Lipinski definition) is 4. The molecule has 0 bridgehead atoms. The number of para-hydroxylation sites is 1. The van der Waals surface area contributed by atoms with Crippen molar-refractivity contribution in [3.63, 3.8) is 0 Å². The van der Waals surface area contributed by atoms with Crippen LogP contribution in [-0.2, 0) is 13.1 Å². The molecule has 1 saturated heterocycles. The van der Waals surface area contributed by atoms with E-state index < -0.39 is 0 Å². The third kappa shape index (κ3) is 3.51. The van der Waals surface area contributed by atoms with Gasteiger partial charge in [-0.05, 0) is 55.9 Å². The van der Waals surface area contributed by atoms with E-state index in [0.29, 0.717) is 31.2 Å². The molecule has 4 heterocycles. The van der Waals surface area contributed by atoms with Crippen molar-refractivity contribution >= 4 is 39.4 Å². The third-order valence-electron chi connectivity index (χ3n) is 8.14. The molecular weight excluding hydrogens is 474 g/mol. The molecule has 36 heavy (non-hydrogen) atoms. The van der Waals surface area contributed by atoms with Gasteiger partial charge < -0.3 is 24.5 Å². The molecule has 186 valence electrons. The Hall–Kier alpha value is -3.03. The van der Waals surface area contributed by atoms with Gasteiger partial charge in [0.15, 0.2) is 5.82 Å². The molecule has 2 N–H and O–H groups in total. The third-order valence-corrected chi connectivity index (χ3v) is 8.44. The maximum Gasteiger partial charge on any atom is 0.254 e. The fourth-order valence-corrected chi connectivity index (χ4v) is 6.37. The van der Waals surface area contributed by atoms with Crippen molar-refractivity contribution < 1.29 is 9.53 Å². The van der Waals surface area contributed by atoms with E-state index in [1.54, 1.807) is 0 Å². The number of carbonyl (C=O) groups excluding carboxylic acids is 1. The van der Waals surface area contributed by atoms with Crippen molar-refractivity contribution in [3.8, 4) is 17.3 Å². The van der Waals surface area contributed by atoms with E-state index in [4.69, 9.17) is 27.1 Å². The fourth-order valence-electron chi connectivity index (χ4n) is 6.09. The Morgan fingerprint density at radius 2 is 2.00 bits per heavy atom. The van der Waals surface area contributed by atoms with E-state index in [2.05, 4.69) is 21.3 Å².